The van der Waals surface area contributed by atoms with Gasteiger partial charge in [-0.3, -0.25) is 5.10 Å². The van der Waals surface area contributed by atoms with Gasteiger partial charge in [-0.15, -0.1) is 0 Å². The van der Waals surface area contributed by atoms with Crippen molar-refractivity contribution in [1.82, 2.24) is 10.2 Å². The highest BCUT2D eigenvalue weighted by molar-refractivity contribution is 5.89. The van der Waals surface area contributed by atoms with Gasteiger partial charge in [0, 0.05) is 0 Å². The van der Waals surface area contributed by atoms with Crippen molar-refractivity contribution < 1.29 is 9.47 Å². The fourth-order valence-corrected chi connectivity index (χ4v) is 1.33. The van der Waals surface area contributed by atoms with E-state index in [-0.39, 0.29) is 0 Å². The first-order chi connectivity index (χ1) is 6.36. The Labute approximate surface area is 75.5 Å². The molecule has 1 aromatic carbocycles. The molecule has 2 rings (SSSR count). The number of hydrogen-bond acceptors (Lipinski definition) is 3. The zero-order valence-corrected chi connectivity index (χ0v) is 7.50. The molecule has 0 atom stereocenters. The fraction of sp³-hybridized carbons (Fsp3) is 0.222. The summed E-state index contributed by atoms with van der Waals surface area (Å²) in [6, 6.07) is 3.70. The molecule has 1 N–H and O–H groups in total. The predicted octanol–water partition coefficient (Wildman–Crippen LogP) is 1.58. The van der Waals surface area contributed by atoms with Gasteiger partial charge < -0.3 is 9.47 Å². The number of H-pyrrole nitrogens is 1. The summed E-state index contributed by atoms with van der Waals surface area (Å²) < 4.78 is 10.3. The van der Waals surface area contributed by atoms with Gasteiger partial charge in [-0.1, -0.05) is 0 Å². The van der Waals surface area contributed by atoms with Crippen molar-refractivity contribution in [2.45, 2.75) is 0 Å². The lowest BCUT2D eigenvalue weighted by Crippen LogP contribution is -1.87. The molecule has 0 saturated heterocycles. The van der Waals surface area contributed by atoms with E-state index in [9.17, 15) is 0 Å². The number of nitrogens with one attached hydrogen (secondary N) is 1. The van der Waals surface area contributed by atoms with Gasteiger partial charge >= 0.3 is 0 Å². The van der Waals surface area contributed by atoms with E-state index in [1.54, 1.807) is 20.4 Å². The van der Waals surface area contributed by atoms with Gasteiger partial charge in [-0.05, 0) is 12.1 Å². The summed E-state index contributed by atoms with van der Waals surface area (Å²) in [4.78, 5) is 0. The van der Waals surface area contributed by atoms with E-state index in [4.69, 9.17) is 9.47 Å². The zero-order chi connectivity index (χ0) is 9.26. The summed E-state index contributed by atoms with van der Waals surface area (Å²) >= 11 is 0. The highest BCUT2D eigenvalue weighted by Crippen LogP contribution is 2.30. The van der Waals surface area contributed by atoms with Crippen LogP contribution in [0.15, 0.2) is 18.3 Å². The molecular weight excluding hydrogens is 168 g/mol. The van der Waals surface area contributed by atoms with Crippen LogP contribution < -0.4 is 9.47 Å². The van der Waals surface area contributed by atoms with E-state index >= 15 is 0 Å². The van der Waals surface area contributed by atoms with Crippen molar-refractivity contribution in [3.05, 3.63) is 18.3 Å². The molecule has 0 unspecified atom stereocenters. The third-order valence-electron chi connectivity index (χ3n) is 1.98. The number of hydrogen-bond donors (Lipinski definition) is 1. The lowest BCUT2D eigenvalue weighted by molar-refractivity contribution is 0.410. The quantitative estimate of drug-likeness (QED) is 0.759. The number of fused-ring (bicyclic) bond motifs is 1. The van der Waals surface area contributed by atoms with Crippen molar-refractivity contribution >= 4 is 10.9 Å². The van der Waals surface area contributed by atoms with Crippen LogP contribution >= 0.6 is 0 Å². The second-order valence-electron chi connectivity index (χ2n) is 2.63. The Bertz CT molecular complexity index is 384. The molecule has 1 heterocycles. The molecule has 0 bridgehead atoms. The van der Waals surface area contributed by atoms with E-state index < -0.39 is 0 Å². The summed E-state index contributed by atoms with van der Waals surface area (Å²) in [6.07, 6.45) is 1.72. The maximum Gasteiger partial charge on any atom is 0.144 e. The molecule has 4 heteroatoms. The maximum absolute atomic E-state index is 5.17. The number of aromatic amines is 1. The van der Waals surface area contributed by atoms with Gasteiger partial charge in [-0.25, -0.2) is 0 Å². The molecule has 0 aliphatic rings. The van der Waals surface area contributed by atoms with Crippen LogP contribution in [0.4, 0.5) is 0 Å². The second kappa shape index (κ2) is 2.97. The Balaban J connectivity index is 2.74. The van der Waals surface area contributed by atoms with Gasteiger partial charge in [-0.2, -0.15) is 5.10 Å². The summed E-state index contributed by atoms with van der Waals surface area (Å²) in [5.74, 6) is 1.57. The molecule has 0 aliphatic heterocycles. The van der Waals surface area contributed by atoms with E-state index in [0.29, 0.717) is 0 Å². The molecule has 0 saturated carbocycles. The number of rotatable bonds is 2. The maximum atomic E-state index is 5.17. The Morgan fingerprint density at radius 2 is 1.85 bits per heavy atom. The highest BCUT2D eigenvalue weighted by Gasteiger charge is 2.07. The molecule has 1 aromatic heterocycles. The Morgan fingerprint density at radius 1 is 1.15 bits per heavy atom. The first kappa shape index (κ1) is 7.91. The number of nitrogens with zero attached hydrogens (tertiary/aromatic N) is 1. The van der Waals surface area contributed by atoms with Crippen LogP contribution in [-0.2, 0) is 0 Å². The minimum absolute atomic E-state index is 0.772. The predicted molar refractivity (Wildman–Crippen MR) is 49.2 cm³/mol. The largest absolute Gasteiger partial charge is 0.496 e. The van der Waals surface area contributed by atoms with Crippen LogP contribution in [0.3, 0.4) is 0 Å². The number of ether oxygens (including phenoxy) is 2. The summed E-state index contributed by atoms with van der Waals surface area (Å²) in [7, 11) is 3.26. The summed E-state index contributed by atoms with van der Waals surface area (Å²) in [5.41, 5.74) is 0.863. The van der Waals surface area contributed by atoms with E-state index in [1.165, 1.54) is 0 Å². The highest BCUT2D eigenvalue weighted by atomic mass is 16.5. The van der Waals surface area contributed by atoms with Gasteiger partial charge in [0.05, 0.1) is 25.8 Å². The lowest BCUT2D eigenvalue weighted by atomic mass is 10.2. The minimum Gasteiger partial charge on any atom is -0.496 e. The minimum atomic E-state index is 0.772. The molecule has 0 radical (unpaired) electrons. The summed E-state index contributed by atoms with van der Waals surface area (Å²) in [5, 5.41) is 7.72. The Hall–Kier alpha value is -1.71. The molecule has 0 amide bonds. The Kier molecular flexibility index (Phi) is 1.81. The van der Waals surface area contributed by atoms with Gasteiger partial charge in [0.2, 0.25) is 0 Å². The third-order valence-corrected chi connectivity index (χ3v) is 1.98. The van der Waals surface area contributed by atoms with Crippen LogP contribution in [-0.4, -0.2) is 24.4 Å². The molecule has 4 nitrogen and oxygen atoms in total. The van der Waals surface area contributed by atoms with Crippen LogP contribution in [0.1, 0.15) is 0 Å². The lowest BCUT2D eigenvalue weighted by Gasteiger charge is -2.04. The molecule has 0 aliphatic carbocycles. The number of methoxy groups -OCH3 is 2. The van der Waals surface area contributed by atoms with Gasteiger partial charge in [0.15, 0.2) is 0 Å². The molecule has 68 valence electrons. The zero-order valence-electron chi connectivity index (χ0n) is 7.50. The van der Waals surface area contributed by atoms with Gasteiger partial charge in [0.25, 0.3) is 0 Å². The van der Waals surface area contributed by atoms with Crippen LogP contribution in [0, 0.1) is 0 Å². The normalized spacial score (nSPS) is 10.3. The molecule has 2 aromatic rings. The first-order valence-corrected chi connectivity index (χ1v) is 3.91. The van der Waals surface area contributed by atoms with E-state index in [2.05, 4.69) is 10.2 Å². The van der Waals surface area contributed by atoms with Crippen molar-refractivity contribution in [3.63, 3.8) is 0 Å². The van der Waals surface area contributed by atoms with Crippen molar-refractivity contribution in [2.75, 3.05) is 14.2 Å². The number of benzene rings is 1. The van der Waals surface area contributed by atoms with Crippen LogP contribution in [0.25, 0.3) is 10.9 Å². The van der Waals surface area contributed by atoms with Gasteiger partial charge in [0.1, 0.15) is 17.0 Å². The Morgan fingerprint density at radius 3 is 2.54 bits per heavy atom. The second-order valence-corrected chi connectivity index (χ2v) is 2.63. The van der Waals surface area contributed by atoms with Crippen LogP contribution in [0.5, 0.6) is 11.5 Å². The fourth-order valence-electron chi connectivity index (χ4n) is 1.33. The standard InChI is InChI=1S/C9H10N2O2/c1-12-7-3-4-8(13-2)9-6(7)5-10-11-9/h3-5H,1-2H3,(H,10,11). The van der Waals surface area contributed by atoms with Crippen molar-refractivity contribution in [1.29, 1.82) is 0 Å². The molecule has 0 fully saturated rings. The monoisotopic (exact) mass is 178 g/mol. The molecule has 0 spiro atoms. The number of aromatic nitrogens is 2. The smallest absolute Gasteiger partial charge is 0.144 e. The van der Waals surface area contributed by atoms with Crippen molar-refractivity contribution in [3.8, 4) is 11.5 Å². The average molecular weight is 178 g/mol. The molecule has 13 heavy (non-hydrogen) atoms. The summed E-state index contributed by atoms with van der Waals surface area (Å²) in [6.45, 7) is 0. The van der Waals surface area contributed by atoms with E-state index in [0.717, 1.165) is 22.4 Å². The SMILES string of the molecule is COc1ccc(OC)c2[nH]ncc12. The first-order valence-electron chi connectivity index (χ1n) is 3.91. The molecular formula is C9H10N2O2. The third kappa shape index (κ3) is 1.11. The average Bonchev–Trinajstić information content (AvgIpc) is 2.64. The van der Waals surface area contributed by atoms with Crippen molar-refractivity contribution in [2.24, 2.45) is 0 Å². The van der Waals surface area contributed by atoms with E-state index in [1.807, 2.05) is 12.1 Å². The topological polar surface area (TPSA) is 47.1 Å². The van der Waals surface area contributed by atoms with Crippen LogP contribution in [0.2, 0.25) is 0 Å².